The van der Waals surface area contributed by atoms with Gasteiger partial charge in [0.15, 0.2) is 0 Å². The second-order valence-electron chi connectivity index (χ2n) is 4.10. The van der Waals surface area contributed by atoms with Gasteiger partial charge in [0.25, 0.3) is 0 Å². The maximum atomic E-state index is 4.02. The highest BCUT2D eigenvalue weighted by Gasteiger charge is 2.27. The van der Waals surface area contributed by atoms with Crippen molar-refractivity contribution in [2.24, 2.45) is 5.92 Å². The molecule has 5 nitrogen and oxygen atoms in total. The molecule has 3 heterocycles. The van der Waals surface area contributed by atoms with Gasteiger partial charge in [-0.05, 0) is 12.1 Å². The smallest absolute Gasteiger partial charge is 0.0692 e. The zero-order valence-corrected chi connectivity index (χ0v) is 8.90. The molecular weight excluding hydrogens is 202 g/mol. The van der Waals surface area contributed by atoms with Crippen molar-refractivity contribution >= 4 is 5.69 Å². The lowest BCUT2D eigenvalue weighted by Crippen LogP contribution is -2.48. The van der Waals surface area contributed by atoms with E-state index in [-0.39, 0.29) is 0 Å². The van der Waals surface area contributed by atoms with E-state index < -0.39 is 0 Å². The zero-order valence-electron chi connectivity index (χ0n) is 8.90. The van der Waals surface area contributed by atoms with E-state index in [1.54, 1.807) is 6.20 Å². The van der Waals surface area contributed by atoms with E-state index in [1.165, 1.54) is 5.69 Å². The lowest BCUT2D eigenvalue weighted by Gasteiger charge is -2.40. The molecule has 0 unspecified atom stereocenters. The third-order valence-electron chi connectivity index (χ3n) is 2.90. The van der Waals surface area contributed by atoms with Crippen molar-refractivity contribution in [1.82, 2.24) is 20.0 Å². The number of pyridine rings is 1. The van der Waals surface area contributed by atoms with Gasteiger partial charge in [0.2, 0.25) is 0 Å². The van der Waals surface area contributed by atoms with Crippen molar-refractivity contribution in [3.63, 3.8) is 0 Å². The van der Waals surface area contributed by atoms with Crippen LogP contribution in [0.1, 0.15) is 0 Å². The number of anilines is 1. The van der Waals surface area contributed by atoms with Crippen LogP contribution in [0.3, 0.4) is 0 Å². The molecule has 3 rings (SSSR count). The van der Waals surface area contributed by atoms with E-state index in [1.807, 2.05) is 35.4 Å². The SMILES string of the molecule is c1cc(N2CC(Cn3ccnn3)C2)ccn1. The molecule has 1 saturated heterocycles. The molecule has 2 aromatic rings. The van der Waals surface area contributed by atoms with Gasteiger partial charge in [-0.1, -0.05) is 5.21 Å². The first kappa shape index (κ1) is 9.33. The summed E-state index contributed by atoms with van der Waals surface area (Å²) in [5.74, 6) is 0.676. The van der Waals surface area contributed by atoms with Crippen molar-refractivity contribution < 1.29 is 0 Å². The highest BCUT2D eigenvalue weighted by atomic mass is 15.4. The number of hydrogen-bond donors (Lipinski definition) is 0. The van der Waals surface area contributed by atoms with Crippen molar-refractivity contribution in [3.05, 3.63) is 36.9 Å². The molecule has 16 heavy (non-hydrogen) atoms. The first-order chi connectivity index (χ1) is 7.92. The molecule has 0 atom stereocenters. The topological polar surface area (TPSA) is 46.8 Å². The minimum atomic E-state index is 0.676. The lowest BCUT2D eigenvalue weighted by molar-refractivity contribution is 0.338. The van der Waals surface area contributed by atoms with Gasteiger partial charge in [-0.15, -0.1) is 5.10 Å². The van der Waals surface area contributed by atoms with Crippen molar-refractivity contribution in [2.75, 3.05) is 18.0 Å². The van der Waals surface area contributed by atoms with E-state index in [0.717, 1.165) is 19.6 Å². The summed E-state index contributed by atoms with van der Waals surface area (Å²) in [6.45, 7) is 3.13. The Morgan fingerprint density at radius 2 is 2.00 bits per heavy atom. The second-order valence-corrected chi connectivity index (χ2v) is 4.10. The van der Waals surface area contributed by atoms with Gasteiger partial charge in [-0.25, -0.2) is 0 Å². The first-order valence-electron chi connectivity index (χ1n) is 5.41. The highest BCUT2D eigenvalue weighted by molar-refractivity contribution is 5.47. The van der Waals surface area contributed by atoms with E-state index in [0.29, 0.717) is 5.92 Å². The minimum absolute atomic E-state index is 0.676. The van der Waals surface area contributed by atoms with E-state index in [2.05, 4.69) is 20.2 Å². The largest absolute Gasteiger partial charge is 0.371 e. The number of hydrogen-bond acceptors (Lipinski definition) is 4. The average molecular weight is 215 g/mol. The van der Waals surface area contributed by atoms with Gasteiger partial charge in [0.1, 0.15) is 0 Å². The Labute approximate surface area is 93.7 Å². The van der Waals surface area contributed by atoms with Gasteiger partial charge in [0.05, 0.1) is 6.20 Å². The van der Waals surface area contributed by atoms with Crippen LogP contribution in [0, 0.1) is 5.92 Å². The average Bonchev–Trinajstić information content (AvgIpc) is 2.77. The van der Waals surface area contributed by atoms with Crippen LogP contribution in [0.2, 0.25) is 0 Å². The Balaban J connectivity index is 1.55. The summed E-state index contributed by atoms with van der Waals surface area (Å²) in [5, 5.41) is 7.78. The first-order valence-corrected chi connectivity index (χ1v) is 5.41. The van der Waals surface area contributed by atoms with Crippen LogP contribution in [0.4, 0.5) is 5.69 Å². The third kappa shape index (κ3) is 1.76. The number of rotatable bonds is 3. The molecule has 82 valence electrons. The fourth-order valence-corrected chi connectivity index (χ4v) is 2.05. The van der Waals surface area contributed by atoms with Crippen LogP contribution in [-0.4, -0.2) is 33.1 Å². The molecule has 0 aliphatic carbocycles. The van der Waals surface area contributed by atoms with Crippen LogP contribution >= 0.6 is 0 Å². The van der Waals surface area contributed by atoms with Gasteiger partial charge in [0, 0.05) is 49.8 Å². The standard InChI is InChI=1S/C11H13N5/c1-3-12-4-2-11(1)15-7-10(8-15)9-16-6-5-13-14-16/h1-6,10H,7-9H2. The Morgan fingerprint density at radius 1 is 1.19 bits per heavy atom. The third-order valence-corrected chi connectivity index (χ3v) is 2.90. The molecular formula is C11H13N5. The molecule has 0 spiro atoms. The maximum Gasteiger partial charge on any atom is 0.0692 e. The molecule has 1 aliphatic rings. The summed E-state index contributed by atoms with van der Waals surface area (Å²) in [6, 6.07) is 4.09. The monoisotopic (exact) mass is 215 g/mol. The normalized spacial score (nSPS) is 16.1. The predicted octanol–water partition coefficient (Wildman–Crippen LogP) is 0.809. The van der Waals surface area contributed by atoms with Gasteiger partial charge in [-0.3, -0.25) is 9.67 Å². The fraction of sp³-hybridized carbons (Fsp3) is 0.364. The molecule has 0 aromatic carbocycles. The highest BCUT2D eigenvalue weighted by Crippen LogP contribution is 2.24. The van der Waals surface area contributed by atoms with Crippen LogP contribution < -0.4 is 4.90 Å². The molecule has 0 saturated carbocycles. The van der Waals surface area contributed by atoms with Crippen LogP contribution in [0.5, 0.6) is 0 Å². The van der Waals surface area contributed by atoms with Crippen LogP contribution in [0.15, 0.2) is 36.9 Å². The Bertz CT molecular complexity index is 433. The fourth-order valence-electron chi connectivity index (χ4n) is 2.05. The number of nitrogens with zero attached hydrogens (tertiary/aromatic N) is 5. The molecule has 0 amide bonds. The molecule has 0 N–H and O–H groups in total. The molecule has 5 heteroatoms. The summed E-state index contributed by atoms with van der Waals surface area (Å²) >= 11 is 0. The van der Waals surface area contributed by atoms with Crippen LogP contribution in [0.25, 0.3) is 0 Å². The molecule has 0 bridgehead atoms. The van der Waals surface area contributed by atoms with E-state index >= 15 is 0 Å². The lowest BCUT2D eigenvalue weighted by atomic mass is 9.99. The Kier molecular flexibility index (Phi) is 2.29. The van der Waals surface area contributed by atoms with Crippen molar-refractivity contribution in [1.29, 1.82) is 0 Å². The molecule has 2 aromatic heterocycles. The summed E-state index contributed by atoms with van der Waals surface area (Å²) in [5.41, 5.74) is 1.25. The molecule has 0 radical (unpaired) electrons. The van der Waals surface area contributed by atoms with Gasteiger partial charge < -0.3 is 4.90 Å². The second kappa shape index (κ2) is 3.92. The van der Waals surface area contributed by atoms with Gasteiger partial charge >= 0.3 is 0 Å². The van der Waals surface area contributed by atoms with Gasteiger partial charge in [-0.2, -0.15) is 0 Å². The van der Waals surface area contributed by atoms with E-state index in [4.69, 9.17) is 0 Å². The maximum absolute atomic E-state index is 4.02. The Morgan fingerprint density at radius 3 is 2.69 bits per heavy atom. The summed E-state index contributed by atoms with van der Waals surface area (Å²) in [7, 11) is 0. The van der Waals surface area contributed by atoms with Crippen molar-refractivity contribution in [3.8, 4) is 0 Å². The Hall–Kier alpha value is -1.91. The minimum Gasteiger partial charge on any atom is -0.371 e. The van der Waals surface area contributed by atoms with Crippen molar-refractivity contribution in [2.45, 2.75) is 6.54 Å². The van der Waals surface area contributed by atoms with Crippen LogP contribution in [-0.2, 0) is 6.54 Å². The molecule has 1 fully saturated rings. The summed E-state index contributed by atoms with van der Waals surface area (Å²) in [6.07, 6.45) is 7.30. The summed E-state index contributed by atoms with van der Waals surface area (Å²) in [4.78, 5) is 6.37. The summed E-state index contributed by atoms with van der Waals surface area (Å²) < 4.78 is 1.90. The zero-order chi connectivity index (χ0) is 10.8. The molecule has 1 aliphatic heterocycles. The number of aromatic nitrogens is 4. The predicted molar refractivity (Wildman–Crippen MR) is 60.0 cm³/mol. The quantitative estimate of drug-likeness (QED) is 0.760. The van der Waals surface area contributed by atoms with E-state index in [9.17, 15) is 0 Å².